The molecule has 1 aliphatic heterocycles. The fraction of sp³-hybridized carbons (Fsp3) is 0.357. The van der Waals surface area contributed by atoms with Crippen LogP contribution >= 0.6 is 0 Å². The molecule has 1 aromatic carbocycles. The van der Waals surface area contributed by atoms with Crippen LogP contribution in [0.2, 0.25) is 0 Å². The van der Waals surface area contributed by atoms with Crippen LogP contribution in [-0.2, 0) is 6.18 Å². The molecule has 9 heteroatoms. The summed E-state index contributed by atoms with van der Waals surface area (Å²) >= 11 is 0. The number of carbonyl (C=O) groups excluding carboxylic acids is 1. The molecule has 23 heavy (non-hydrogen) atoms. The Morgan fingerprint density at radius 1 is 1.35 bits per heavy atom. The van der Waals surface area contributed by atoms with Crippen molar-refractivity contribution >= 4 is 5.91 Å². The monoisotopic (exact) mass is 325 g/mol. The Labute approximate surface area is 129 Å². The van der Waals surface area contributed by atoms with E-state index in [1.807, 2.05) is 0 Å². The van der Waals surface area contributed by atoms with Gasteiger partial charge in [-0.25, -0.2) is 4.68 Å². The minimum Gasteiger partial charge on any atom is -0.350 e. The zero-order valence-corrected chi connectivity index (χ0v) is 12.0. The van der Waals surface area contributed by atoms with Crippen LogP contribution in [0.3, 0.4) is 0 Å². The zero-order valence-electron chi connectivity index (χ0n) is 12.0. The van der Waals surface area contributed by atoms with E-state index in [-0.39, 0.29) is 11.4 Å². The average molecular weight is 325 g/mol. The summed E-state index contributed by atoms with van der Waals surface area (Å²) in [7, 11) is 0. The van der Waals surface area contributed by atoms with E-state index in [1.54, 1.807) is 0 Å². The van der Waals surface area contributed by atoms with Crippen LogP contribution in [0.1, 0.15) is 16.1 Å². The molecular formula is C14H14F3N5O. The molecule has 1 saturated heterocycles. The number of hydrogen-bond donors (Lipinski definition) is 2. The number of hydrogen-bond acceptors (Lipinski definition) is 4. The summed E-state index contributed by atoms with van der Waals surface area (Å²) < 4.78 is 40.0. The number of para-hydroxylation sites is 1. The summed E-state index contributed by atoms with van der Waals surface area (Å²) in [4.78, 5) is 11.9. The van der Waals surface area contributed by atoms with Gasteiger partial charge in [0.2, 0.25) is 0 Å². The number of benzene rings is 1. The van der Waals surface area contributed by atoms with Gasteiger partial charge in [-0.3, -0.25) is 4.79 Å². The summed E-state index contributed by atoms with van der Waals surface area (Å²) in [5.41, 5.74) is -1.03. The molecule has 1 fully saturated rings. The van der Waals surface area contributed by atoms with E-state index in [1.165, 1.54) is 24.4 Å². The molecule has 2 N–H and O–H groups in total. The van der Waals surface area contributed by atoms with Crippen molar-refractivity contribution in [2.75, 3.05) is 19.6 Å². The molecular weight excluding hydrogens is 311 g/mol. The Balaban J connectivity index is 1.78. The lowest BCUT2D eigenvalue weighted by atomic mass is 10.0. The maximum Gasteiger partial charge on any atom is 0.418 e. The fourth-order valence-corrected chi connectivity index (χ4v) is 2.22. The molecule has 122 valence electrons. The molecule has 0 atom stereocenters. The van der Waals surface area contributed by atoms with Gasteiger partial charge in [-0.2, -0.15) is 13.2 Å². The molecule has 3 rings (SSSR count). The first-order valence-corrected chi connectivity index (χ1v) is 7.03. The predicted molar refractivity (Wildman–Crippen MR) is 75.1 cm³/mol. The van der Waals surface area contributed by atoms with E-state index in [0.29, 0.717) is 12.5 Å². The number of nitrogens with one attached hydrogen (secondary N) is 2. The van der Waals surface area contributed by atoms with Gasteiger partial charge in [0.25, 0.3) is 5.91 Å². The molecule has 0 saturated carbocycles. The third-order valence-electron chi connectivity index (χ3n) is 3.60. The van der Waals surface area contributed by atoms with Crippen molar-refractivity contribution in [1.29, 1.82) is 0 Å². The Morgan fingerprint density at radius 2 is 2.09 bits per heavy atom. The van der Waals surface area contributed by atoms with Crippen LogP contribution in [0.4, 0.5) is 13.2 Å². The van der Waals surface area contributed by atoms with Crippen molar-refractivity contribution in [3.05, 3.63) is 41.7 Å². The largest absolute Gasteiger partial charge is 0.418 e. The highest BCUT2D eigenvalue weighted by molar-refractivity contribution is 5.91. The number of amides is 1. The van der Waals surface area contributed by atoms with Crippen LogP contribution < -0.4 is 10.6 Å². The van der Waals surface area contributed by atoms with Gasteiger partial charge in [0.15, 0.2) is 5.69 Å². The number of rotatable bonds is 4. The summed E-state index contributed by atoms with van der Waals surface area (Å²) in [6.07, 6.45) is -3.32. The standard InChI is InChI=1S/C14H14F3N5O/c15-14(16,17)10-3-1-2-4-12(10)22-8-11(20-21-22)13(23)19-7-9-5-18-6-9/h1-4,8-9,18H,5-7H2,(H,19,23). The lowest BCUT2D eigenvalue weighted by Crippen LogP contribution is -2.48. The molecule has 1 aliphatic rings. The number of alkyl halides is 3. The first kappa shape index (κ1) is 15.5. The van der Waals surface area contributed by atoms with Crippen LogP contribution in [0.25, 0.3) is 5.69 Å². The molecule has 0 spiro atoms. The second-order valence-corrected chi connectivity index (χ2v) is 5.30. The number of nitrogens with zero attached hydrogens (tertiary/aromatic N) is 3. The lowest BCUT2D eigenvalue weighted by Gasteiger charge is -2.26. The second kappa shape index (κ2) is 5.99. The average Bonchev–Trinajstić information content (AvgIpc) is 2.94. The molecule has 0 bridgehead atoms. The van der Waals surface area contributed by atoms with Gasteiger partial charge in [-0.15, -0.1) is 5.10 Å². The van der Waals surface area contributed by atoms with Crippen LogP contribution in [0.15, 0.2) is 30.5 Å². The second-order valence-electron chi connectivity index (χ2n) is 5.30. The van der Waals surface area contributed by atoms with Crippen LogP contribution in [0, 0.1) is 5.92 Å². The summed E-state index contributed by atoms with van der Waals surface area (Å²) in [6.45, 7) is 2.18. The van der Waals surface area contributed by atoms with Crippen molar-refractivity contribution in [1.82, 2.24) is 25.6 Å². The van der Waals surface area contributed by atoms with Gasteiger partial charge >= 0.3 is 6.18 Å². The first-order chi connectivity index (χ1) is 10.9. The van der Waals surface area contributed by atoms with Gasteiger partial charge in [0.05, 0.1) is 17.4 Å². The number of aromatic nitrogens is 3. The van der Waals surface area contributed by atoms with Gasteiger partial charge in [0.1, 0.15) is 0 Å². The van der Waals surface area contributed by atoms with Crippen molar-refractivity contribution in [2.24, 2.45) is 5.92 Å². The highest BCUT2D eigenvalue weighted by Crippen LogP contribution is 2.33. The molecule has 0 aliphatic carbocycles. The predicted octanol–water partition coefficient (Wildman–Crippen LogP) is 1.24. The van der Waals surface area contributed by atoms with Crippen LogP contribution in [-0.4, -0.2) is 40.5 Å². The molecule has 6 nitrogen and oxygen atoms in total. The van der Waals surface area contributed by atoms with E-state index in [9.17, 15) is 18.0 Å². The molecule has 2 aromatic rings. The third kappa shape index (κ3) is 3.34. The van der Waals surface area contributed by atoms with Crippen molar-refractivity contribution < 1.29 is 18.0 Å². The van der Waals surface area contributed by atoms with Gasteiger partial charge in [-0.05, 0) is 12.1 Å². The van der Waals surface area contributed by atoms with E-state index in [0.717, 1.165) is 23.8 Å². The summed E-state index contributed by atoms with van der Waals surface area (Å²) in [6, 6.07) is 5.00. The zero-order chi connectivity index (χ0) is 16.4. The quantitative estimate of drug-likeness (QED) is 0.887. The molecule has 0 radical (unpaired) electrons. The maximum atomic E-state index is 13.0. The summed E-state index contributed by atoms with van der Waals surface area (Å²) in [5.74, 6) is -0.0763. The van der Waals surface area contributed by atoms with Crippen molar-refractivity contribution in [3.63, 3.8) is 0 Å². The molecule has 1 amide bonds. The molecule has 2 heterocycles. The van der Waals surface area contributed by atoms with E-state index in [2.05, 4.69) is 20.9 Å². The molecule has 0 unspecified atom stereocenters. The summed E-state index contributed by atoms with van der Waals surface area (Å²) in [5, 5.41) is 13.1. The lowest BCUT2D eigenvalue weighted by molar-refractivity contribution is -0.137. The Bertz CT molecular complexity index is 708. The van der Waals surface area contributed by atoms with E-state index in [4.69, 9.17) is 0 Å². The highest BCUT2D eigenvalue weighted by atomic mass is 19.4. The Morgan fingerprint density at radius 3 is 2.74 bits per heavy atom. The maximum absolute atomic E-state index is 13.0. The molecule has 1 aromatic heterocycles. The first-order valence-electron chi connectivity index (χ1n) is 7.03. The van der Waals surface area contributed by atoms with Gasteiger partial charge in [0, 0.05) is 25.6 Å². The highest BCUT2D eigenvalue weighted by Gasteiger charge is 2.34. The van der Waals surface area contributed by atoms with Crippen LogP contribution in [0.5, 0.6) is 0 Å². The number of halogens is 3. The SMILES string of the molecule is O=C(NCC1CNC1)c1cn(-c2ccccc2C(F)(F)F)nn1. The van der Waals surface area contributed by atoms with E-state index < -0.39 is 17.6 Å². The minimum absolute atomic E-state index is 0.0192. The van der Waals surface area contributed by atoms with Gasteiger partial charge in [-0.1, -0.05) is 17.3 Å². The normalized spacial score (nSPS) is 15.3. The van der Waals surface area contributed by atoms with Crippen molar-refractivity contribution in [3.8, 4) is 5.69 Å². The number of carbonyl (C=O) groups is 1. The topological polar surface area (TPSA) is 71.8 Å². The fourth-order valence-electron chi connectivity index (χ4n) is 2.22. The third-order valence-corrected chi connectivity index (χ3v) is 3.60. The Kier molecular flexibility index (Phi) is 4.03. The minimum atomic E-state index is -4.51. The van der Waals surface area contributed by atoms with E-state index >= 15 is 0 Å². The smallest absolute Gasteiger partial charge is 0.350 e. The van der Waals surface area contributed by atoms with Crippen molar-refractivity contribution in [2.45, 2.75) is 6.18 Å². The van der Waals surface area contributed by atoms with Gasteiger partial charge < -0.3 is 10.6 Å². The Hall–Kier alpha value is -2.42.